The van der Waals surface area contributed by atoms with Crippen molar-refractivity contribution in [2.75, 3.05) is 0 Å². The molecule has 2 aliphatic rings. The largest absolute Gasteiger partial charge is 4.00 e. The van der Waals surface area contributed by atoms with Crippen molar-refractivity contribution in [2.45, 2.75) is 26.7 Å². The van der Waals surface area contributed by atoms with Gasteiger partial charge in [0, 0.05) is 0 Å². The number of rotatable bonds is 0. The van der Waals surface area contributed by atoms with Crippen LogP contribution in [0.3, 0.4) is 0 Å². The van der Waals surface area contributed by atoms with Crippen molar-refractivity contribution in [1.29, 1.82) is 0 Å². The van der Waals surface area contributed by atoms with Crippen LogP contribution in [0.2, 0.25) is 0 Å². The summed E-state index contributed by atoms with van der Waals surface area (Å²) < 4.78 is 0. The fraction of sp³-hybridized carbons (Fsp3) is 0.200. The number of hydrogen-bond acceptors (Lipinski definition) is 0. The van der Waals surface area contributed by atoms with Gasteiger partial charge < -0.3 is 24.8 Å². The molecule has 0 aromatic heterocycles. The molecular formula is C20H18Cl2Zr. The van der Waals surface area contributed by atoms with E-state index in [0.717, 1.165) is 12.8 Å². The summed E-state index contributed by atoms with van der Waals surface area (Å²) in [6, 6.07) is 18.8. The molecule has 0 spiro atoms. The van der Waals surface area contributed by atoms with Gasteiger partial charge in [-0.25, -0.2) is 0 Å². The summed E-state index contributed by atoms with van der Waals surface area (Å²) in [4.78, 5) is 0. The van der Waals surface area contributed by atoms with Crippen LogP contribution in [0.15, 0.2) is 47.5 Å². The summed E-state index contributed by atoms with van der Waals surface area (Å²) in [6.07, 6.45) is 6.64. The van der Waals surface area contributed by atoms with Gasteiger partial charge in [-0.2, -0.15) is 0 Å². The third-order valence-electron chi connectivity index (χ3n) is 3.68. The SMILES string of the molecule is CC1=Cc2[c-]cccc2C1.CC1=Cc2[c-]cccc2C1.[Cl-].[Cl-].[Zr+4]. The molecule has 3 heteroatoms. The van der Waals surface area contributed by atoms with Crippen LogP contribution < -0.4 is 24.8 Å². The van der Waals surface area contributed by atoms with Crippen LogP contribution in [0.1, 0.15) is 36.1 Å². The van der Waals surface area contributed by atoms with E-state index in [0.29, 0.717) is 0 Å². The van der Waals surface area contributed by atoms with Gasteiger partial charge >= 0.3 is 26.2 Å². The van der Waals surface area contributed by atoms with Crippen molar-refractivity contribution < 1.29 is 51.0 Å². The van der Waals surface area contributed by atoms with Crippen LogP contribution in [0, 0.1) is 12.1 Å². The zero-order valence-corrected chi connectivity index (χ0v) is 17.3. The van der Waals surface area contributed by atoms with Crippen LogP contribution in [0.25, 0.3) is 12.2 Å². The molecule has 23 heavy (non-hydrogen) atoms. The first-order valence-corrected chi connectivity index (χ1v) is 7.06. The van der Waals surface area contributed by atoms with E-state index in [9.17, 15) is 0 Å². The van der Waals surface area contributed by atoms with Gasteiger partial charge in [0.2, 0.25) is 0 Å². The van der Waals surface area contributed by atoms with Gasteiger partial charge in [-0.05, 0) is 12.8 Å². The van der Waals surface area contributed by atoms with E-state index in [1.807, 2.05) is 24.3 Å². The Morgan fingerprint density at radius 2 is 1.13 bits per heavy atom. The van der Waals surface area contributed by atoms with E-state index in [2.05, 4.69) is 50.3 Å². The summed E-state index contributed by atoms with van der Waals surface area (Å²) >= 11 is 0. The second-order valence-electron chi connectivity index (χ2n) is 5.55. The van der Waals surface area contributed by atoms with Crippen molar-refractivity contribution in [2.24, 2.45) is 0 Å². The average molecular weight is 420 g/mol. The summed E-state index contributed by atoms with van der Waals surface area (Å²) in [7, 11) is 0. The van der Waals surface area contributed by atoms with Crippen molar-refractivity contribution in [3.05, 3.63) is 81.9 Å². The summed E-state index contributed by atoms with van der Waals surface area (Å²) in [5.41, 5.74) is 8.27. The normalized spacial score (nSPS) is 12.8. The number of hydrogen-bond donors (Lipinski definition) is 0. The molecule has 0 amide bonds. The minimum absolute atomic E-state index is 0. The van der Waals surface area contributed by atoms with Crippen molar-refractivity contribution in [1.82, 2.24) is 0 Å². The zero-order chi connectivity index (χ0) is 13.9. The Kier molecular flexibility index (Phi) is 10.0. The maximum Gasteiger partial charge on any atom is 4.00 e. The molecule has 2 aliphatic carbocycles. The summed E-state index contributed by atoms with van der Waals surface area (Å²) in [5.74, 6) is 0. The molecule has 0 nitrogen and oxygen atoms in total. The van der Waals surface area contributed by atoms with E-state index in [1.165, 1.54) is 33.4 Å². The Bertz CT molecular complexity index is 641. The molecule has 0 radical (unpaired) electrons. The predicted octanol–water partition coefficient (Wildman–Crippen LogP) is -1.10. The minimum atomic E-state index is 0. The van der Waals surface area contributed by atoms with Gasteiger partial charge in [0.15, 0.2) is 0 Å². The molecular weight excluding hydrogens is 402 g/mol. The molecule has 2 aromatic rings. The van der Waals surface area contributed by atoms with E-state index in [-0.39, 0.29) is 51.0 Å². The number of halogens is 2. The quantitative estimate of drug-likeness (QED) is 0.475. The standard InChI is InChI=1S/2C10H9.2ClH.Zr/c2*1-8-6-9-4-2-3-5-10(9)7-8;;;/h2*2-4,7H,6H2,1H3;2*1H;/q2*-1;;;+4/p-2. The first-order chi connectivity index (χ1) is 9.72. The third kappa shape index (κ3) is 5.75. The summed E-state index contributed by atoms with van der Waals surface area (Å²) in [5, 5.41) is 0. The average Bonchev–Trinajstić information content (AvgIpc) is 2.99. The topological polar surface area (TPSA) is 0 Å². The Morgan fingerprint density at radius 1 is 0.739 bits per heavy atom. The summed E-state index contributed by atoms with van der Waals surface area (Å²) in [6.45, 7) is 4.32. The van der Waals surface area contributed by atoms with Crippen LogP contribution >= 0.6 is 0 Å². The molecule has 4 rings (SSSR count). The second kappa shape index (κ2) is 10.3. The van der Waals surface area contributed by atoms with E-state index >= 15 is 0 Å². The molecule has 0 saturated carbocycles. The Balaban J connectivity index is 0.000000372. The van der Waals surface area contributed by atoms with Gasteiger partial charge in [-0.3, -0.25) is 0 Å². The maximum absolute atomic E-state index is 3.20. The third-order valence-corrected chi connectivity index (χ3v) is 3.68. The van der Waals surface area contributed by atoms with Crippen LogP contribution in [0.5, 0.6) is 0 Å². The fourth-order valence-corrected chi connectivity index (χ4v) is 2.74. The molecule has 0 heterocycles. The van der Waals surface area contributed by atoms with Crippen LogP contribution in [-0.4, -0.2) is 0 Å². The Labute approximate surface area is 171 Å². The van der Waals surface area contributed by atoms with Crippen molar-refractivity contribution in [3.63, 3.8) is 0 Å². The molecule has 0 aliphatic heterocycles. The predicted molar refractivity (Wildman–Crippen MR) is 85.3 cm³/mol. The van der Waals surface area contributed by atoms with Crippen LogP contribution in [0.4, 0.5) is 0 Å². The fourth-order valence-electron chi connectivity index (χ4n) is 2.74. The van der Waals surface area contributed by atoms with Gasteiger partial charge in [0.25, 0.3) is 0 Å². The Morgan fingerprint density at radius 3 is 1.48 bits per heavy atom. The number of allylic oxidation sites excluding steroid dienone is 2. The molecule has 0 bridgehead atoms. The van der Waals surface area contributed by atoms with Crippen LogP contribution in [-0.2, 0) is 39.0 Å². The van der Waals surface area contributed by atoms with Gasteiger partial charge in [-0.1, -0.05) is 13.8 Å². The first-order valence-electron chi connectivity index (χ1n) is 7.06. The van der Waals surface area contributed by atoms with E-state index in [1.54, 1.807) is 0 Å². The molecule has 2 aromatic carbocycles. The molecule has 0 atom stereocenters. The van der Waals surface area contributed by atoms with E-state index < -0.39 is 0 Å². The minimum Gasteiger partial charge on any atom is -1.00 e. The van der Waals surface area contributed by atoms with Gasteiger partial charge in [-0.15, -0.1) is 94.1 Å². The number of fused-ring (bicyclic) bond motifs is 2. The molecule has 0 saturated heterocycles. The molecule has 116 valence electrons. The molecule has 0 unspecified atom stereocenters. The van der Waals surface area contributed by atoms with Gasteiger partial charge in [0.1, 0.15) is 0 Å². The van der Waals surface area contributed by atoms with E-state index in [4.69, 9.17) is 0 Å². The van der Waals surface area contributed by atoms with Gasteiger partial charge in [0.05, 0.1) is 0 Å². The first kappa shape index (κ1) is 22.4. The molecule has 0 fully saturated rings. The van der Waals surface area contributed by atoms with Crippen molar-refractivity contribution in [3.8, 4) is 0 Å². The smallest absolute Gasteiger partial charge is 1.00 e. The molecule has 0 N–H and O–H groups in total. The zero-order valence-electron chi connectivity index (χ0n) is 13.3. The van der Waals surface area contributed by atoms with Crippen molar-refractivity contribution >= 4 is 12.2 Å². The maximum atomic E-state index is 3.20. The Hall–Kier alpha value is -0.617. The number of benzene rings is 2. The second-order valence-corrected chi connectivity index (χ2v) is 5.55. The monoisotopic (exact) mass is 418 g/mol.